The highest BCUT2D eigenvalue weighted by Gasteiger charge is 2.11. The van der Waals surface area contributed by atoms with Crippen molar-refractivity contribution in [2.24, 2.45) is 0 Å². The summed E-state index contributed by atoms with van der Waals surface area (Å²) in [6.07, 6.45) is 6.79. The Morgan fingerprint density at radius 3 is 2.56 bits per heavy atom. The molecule has 0 saturated carbocycles. The van der Waals surface area contributed by atoms with E-state index < -0.39 is 0 Å². The topological polar surface area (TPSA) is 74.6 Å². The van der Waals surface area contributed by atoms with Crippen LogP contribution in [0.2, 0.25) is 0 Å². The summed E-state index contributed by atoms with van der Waals surface area (Å²) in [5, 5.41) is 3.03. The second-order valence-electron chi connectivity index (χ2n) is 9.26. The van der Waals surface area contributed by atoms with Crippen LogP contribution >= 0.6 is 0 Å². The highest BCUT2D eigenvalue weighted by Crippen LogP contribution is 2.29. The van der Waals surface area contributed by atoms with Crippen LogP contribution in [0.15, 0.2) is 72.8 Å². The molecule has 4 rings (SSSR count). The average Bonchev–Trinajstić information content (AvgIpc) is 3.31. The summed E-state index contributed by atoms with van der Waals surface area (Å²) < 4.78 is 19.0. The van der Waals surface area contributed by atoms with Crippen LogP contribution in [0.3, 0.4) is 0 Å². The van der Waals surface area contributed by atoms with Gasteiger partial charge in [0.1, 0.15) is 11.6 Å². The van der Waals surface area contributed by atoms with Gasteiger partial charge in [-0.15, -0.1) is 0 Å². The number of allylic oxidation sites excluding steroid dienone is 1. The average molecular weight is 528 g/mol. The highest BCUT2D eigenvalue weighted by molar-refractivity contribution is 5.78. The molecule has 0 aliphatic carbocycles. The van der Waals surface area contributed by atoms with Gasteiger partial charge < -0.3 is 24.1 Å². The summed E-state index contributed by atoms with van der Waals surface area (Å²) >= 11 is 0. The number of nitrogens with one attached hydrogen (secondary N) is 1. The van der Waals surface area contributed by atoms with Gasteiger partial charge in [-0.05, 0) is 67.3 Å². The largest absolute Gasteiger partial charge is 0.497 e. The third-order valence-corrected chi connectivity index (χ3v) is 6.49. The van der Waals surface area contributed by atoms with Gasteiger partial charge in [0, 0.05) is 19.5 Å². The van der Waals surface area contributed by atoms with Gasteiger partial charge in [0.25, 0.3) is 0 Å². The Labute approximate surface area is 230 Å². The molecule has 0 aliphatic rings. The maximum atomic E-state index is 12.4. The summed E-state index contributed by atoms with van der Waals surface area (Å²) in [6.45, 7) is 3.95. The van der Waals surface area contributed by atoms with E-state index in [1.54, 1.807) is 14.2 Å². The molecule has 0 aliphatic heterocycles. The zero-order valence-corrected chi connectivity index (χ0v) is 23.0. The van der Waals surface area contributed by atoms with E-state index in [9.17, 15) is 4.79 Å². The third-order valence-electron chi connectivity index (χ3n) is 6.49. The first-order valence-corrected chi connectivity index (χ1v) is 13.4. The van der Waals surface area contributed by atoms with Crippen molar-refractivity contribution in [3.05, 3.63) is 89.8 Å². The maximum Gasteiger partial charge on any atom is 0.224 e. The van der Waals surface area contributed by atoms with Crippen LogP contribution in [0.25, 0.3) is 17.1 Å². The molecular formula is C32H37N3O4. The van der Waals surface area contributed by atoms with Crippen molar-refractivity contribution in [1.82, 2.24) is 14.9 Å². The fourth-order valence-electron chi connectivity index (χ4n) is 4.54. The van der Waals surface area contributed by atoms with Gasteiger partial charge in [-0.1, -0.05) is 42.5 Å². The Hall–Kier alpha value is -4.26. The summed E-state index contributed by atoms with van der Waals surface area (Å²) in [6, 6.07) is 21.7. The van der Waals surface area contributed by atoms with Crippen LogP contribution in [-0.2, 0) is 24.2 Å². The predicted octanol–water partition coefficient (Wildman–Crippen LogP) is 5.85. The Morgan fingerprint density at radius 2 is 1.79 bits per heavy atom. The molecule has 1 aromatic heterocycles. The van der Waals surface area contributed by atoms with E-state index in [2.05, 4.69) is 16.0 Å². The Kier molecular flexibility index (Phi) is 10.0. The number of carbonyl (C=O) groups excluding carboxylic acids is 1. The molecule has 1 N–H and O–H groups in total. The molecule has 0 fully saturated rings. The Bertz CT molecular complexity index is 1390. The normalized spacial score (nSPS) is 11.2. The zero-order chi connectivity index (χ0) is 27.5. The third kappa shape index (κ3) is 7.63. The summed E-state index contributed by atoms with van der Waals surface area (Å²) in [5.41, 5.74) is 4.14. The smallest absolute Gasteiger partial charge is 0.224 e. The van der Waals surface area contributed by atoms with Gasteiger partial charge in [0.2, 0.25) is 5.91 Å². The second kappa shape index (κ2) is 14.0. The lowest BCUT2D eigenvalue weighted by atomic mass is 10.1. The number of carbonyl (C=O) groups is 1. The van der Waals surface area contributed by atoms with E-state index in [1.165, 1.54) is 0 Å². The number of para-hydroxylation sites is 2. The molecule has 7 nitrogen and oxygen atoms in total. The molecule has 4 aromatic rings. The first-order valence-electron chi connectivity index (χ1n) is 13.4. The van der Waals surface area contributed by atoms with Gasteiger partial charge in [0.05, 0.1) is 38.3 Å². The minimum absolute atomic E-state index is 0.0139. The molecular weight excluding hydrogens is 490 g/mol. The lowest BCUT2D eigenvalue weighted by molar-refractivity contribution is -0.120. The fraction of sp³-hybridized carbons (Fsp3) is 0.312. The summed E-state index contributed by atoms with van der Waals surface area (Å²) in [5.74, 6) is 3.29. The number of imidazole rings is 1. The van der Waals surface area contributed by atoms with Crippen molar-refractivity contribution in [3.8, 4) is 17.2 Å². The van der Waals surface area contributed by atoms with E-state index in [1.807, 2.05) is 79.7 Å². The number of hydrogen-bond donors (Lipinski definition) is 1. The number of benzene rings is 3. The van der Waals surface area contributed by atoms with Crippen molar-refractivity contribution < 1.29 is 19.0 Å². The number of ether oxygens (including phenoxy) is 3. The molecule has 0 atom stereocenters. The lowest BCUT2D eigenvalue weighted by Gasteiger charge is -2.13. The van der Waals surface area contributed by atoms with E-state index in [0.29, 0.717) is 19.6 Å². The molecule has 0 saturated heterocycles. The van der Waals surface area contributed by atoms with Gasteiger partial charge >= 0.3 is 0 Å². The van der Waals surface area contributed by atoms with E-state index in [0.717, 1.165) is 71.0 Å². The number of hydrogen-bond acceptors (Lipinski definition) is 5. The molecule has 3 aromatic carbocycles. The van der Waals surface area contributed by atoms with E-state index in [-0.39, 0.29) is 5.91 Å². The molecule has 204 valence electrons. The Morgan fingerprint density at radius 1 is 0.974 bits per heavy atom. The number of amides is 1. The van der Waals surface area contributed by atoms with Crippen molar-refractivity contribution in [3.63, 3.8) is 0 Å². The molecule has 1 heterocycles. The van der Waals surface area contributed by atoms with Crippen LogP contribution in [0.5, 0.6) is 17.2 Å². The van der Waals surface area contributed by atoms with Crippen LogP contribution in [0.4, 0.5) is 0 Å². The molecule has 39 heavy (non-hydrogen) atoms. The van der Waals surface area contributed by atoms with Gasteiger partial charge in [-0.3, -0.25) is 4.79 Å². The molecule has 0 bridgehead atoms. The van der Waals surface area contributed by atoms with Crippen LogP contribution in [-0.4, -0.2) is 42.8 Å². The summed E-state index contributed by atoms with van der Waals surface area (Å²) in [4.78, 5) is 17.3. The van der Waals surface area contributed by atoms with Crippen LogP contribution < -0.4 is 19.5 Å². The molecule has 0 unspecified atom stereocenters. The van der Waals surface area contributed by atoms with Crippen LogP contribution in [0, 0.1) is 0 Å². The number of aryl methyl sites for hydroxylation is 2. The molecule has 7 heteroatoms. The van der Waals surface area contributed by atoms with Crippen molar-refractivity contribution in [1.29, 1.82) is 0 Å². The number of fused-ring (bicyclic) bond motifs is 1. The maximum absolute atomic E-state index is 12.4. The first kappa shape index (κ1) is 27.8. The van der Waals surface area contributed by atoms with E-state index >= 15 is 0 Å². The second-order valence-corrected chi connectivity index (χ2v) is 9.26. The Balaban J connectivity index is 1.29. The fourth-order valence-corrected chi connectivity index (χ4v) is 4.54. The van der Waals surface area contributed by atoms with Crippen molar-refractivity contribution in [2.45, 2.75) is 39.2 Å². The first-order chi connectivity index (χ1) is 19.1. The standard InChI is InChI=1S/C32H37N3O4/c1-4-9-24-15-18-29(30(22-24)38-3)39-21-8-20-35-28-11-6-5-10-27(28)34-31(35)12-7-19-33-32(36)23-25-13-16-26(37-2)17-14-25/h4-6,9-11,13-18,22H,7-8,12,19-21,23H2,1-3H3,(H,33,36)/b9-4+. The zero-order valence-electron chi connectivity index (χ0n) is 23.0. The van der Waals surface area contributed by atoms with Gasteiger partial charge in [-0.2, -0.15) is 0 Å². The minimum atomic E-state index is 0.0139. The van der Waals surface area contributed by atoms with Crippen LogP contribution in [0.1, 0.15) is 36.7 Å². The molecule has 1 amide bonds. The van der Waals surface area contributed by atoms with Gasteiger partial charge in [0.15, 0.2) is 11.5 Å². The number of aromatic nitrogens is 2. The quantitative estimate of drug-likeness (QED) is 0.208. The number of methoxy groups -OCH3 is 2. The number of nitrogens with zero attached hydrogens (tertiary/aromatic N) is 2. The molecule has 0 spiro atoms. The SMILES string of the molecule is C/C=C/c1ccc(OCCCn2c(CCCNC(=O)Cc3ccc(OC)cc3)nc3ccccc32)c(OC)c1. The van der Waals surface area contributed by atoms with Gasteiger partial charge in [-0.25, -0.2) is 4.98 Å². The number of rotatable bonds is 14. The highest BCUT2D eigenvalue weighted by atomic mass is 16.5. The van der Waals surface area contributed by atoms with Crippen molar-refractivity contribution in [2.75, 3.05) is 27.4 Å². The minimum Gasteiger partial charge on any atom is -0.497 e. The monoisotopic (exact) mass is 527 g/mol. The molecule has 0 radical (unpaired) electrons. The van der Waals surface area contributed by atoms with E-state index in [4.69, 9.17) is 19.2 Å². The van der Waals surface area contributed by atoms with Crippen molar-refractivity contribution >= 4 is 23.0 Å². The predicted molar refractivity (Wildman–Crippen MR) is 156 cm³/mol. The summed E-state index contributed by atoms with van der Waals surface area (Å²) in [7, 11) is 3.29. The lowest BCUT2D eigenvalue weighted by Crippen LogP contribution is -2.26.